The molecule has 1 aliphatic rings. The van der Waals surface area contributed by atoms with Crippen LogP contribution in [0.2, 0.25) is 0 Å². The number of oxime groups is 1. The summed E-state index contributed by atoms with van der Waals surface area (Å²) in [7, 11) is 0. The molecule has 2 rings (SSSR count). The molecule has 0 aromatic heterocycles. The van der Waals surface area contributed by atoms with Gasteiger partial charge in [-0.05, 0) is 42.4 Å². The van der Waals surface area contributed by atoms with E-state index < -0.39 is 0 Å². The first-order valence-electron chi connectivity index (χ1n) is 6.02. The van der Waals surface area contributed by atoms with Crippen LogP contribution in [-0.2, 0) is 6.42 Å². The highest BCUT2D eigenvalue weighted by Gasteiger charge is 2.22. The average molecular weight is 231 g/mol. The number of hydrogen-bond acceptors (Lipinski definition) is 3. The lowest BCUT2D eigenvalue weighted by molar-refractivity contribution is 0.106. The zero-order chi connectivity index (χ0) is 12.4. The van der Waals surface area contributed by atoms with Gasteiger partial charge in [0.2, 0.25) is 5.78 Å². The van der Waals surface area contributed by atoms with Crippen LogP contribution in [0.3, 0.4) is 0 Å². The third kappa shape index (κ3) is 2.23. The third-order valence-corrected chi connectivity index (χ3v) is 3.29. The topological polar surface area (TPSA) is 49.7 Å². The smallest absolute Gasteiger partial charge is 0.210 e. The van der Waals surface area contributed by atoms with Gasteiger partial charge in [-0.15, -0.1) is 0 Å². The zero-order valence-corrected chi connectivity index (χ0v) is 10.2. The van der Waals surface area contributed by atoms with Crippen LogP contribution in [0.4, 0.5) is 0 Å². The van der Waals surface area contributed by atoms with Crippen molar-refractivity contribution in [2.24, 2.45) is 5.16 Å². The summed E-state index contributed by atoms with van der Waals surface area (Å²) in [6.45, 7) is 4.20. The molecule has 0 aliphatic heterocycles. The van der Waals surface area contributed by atoms with Gasteiger partial charge in [-0.3, -0.25) is 4.79 Å². The predicted molar refractivity (Wildman–Crippen MR) is 67.0 cm³/mol. The molecule has 0 fully saturated rings. The van der Waals surface area contributed by atoms with Crippen molar-refractivity contribution >= 4 is 11.5 Å². The molecule has 0 radical (unpaired) electrons. The van der Waals surface area contributed by atoms with E-state index in [0.717, 1.165) is 24.0 Å². The van der Waals surface area contributed by atoms with Gasteiger partial charge >= 0.3 is 0 Å². The maximum atomic E-state index is 12.2. The lowest BCUT2D eigenvalue weighted by Crippen LogP contribution is -2.13. The molecule has 3 nitrogen and oxygen atoms in total. The molecule has 0 amide bonds. The molecular formula is C14H17NO2. The zero-order valence-electron chi connectivity index (χ0n) is 10.2. The van der Waals surface area contributed by atoms with Gasteiger partial charge in [0.25, 0.3) is 0 Å². The molecule has 3 heteroatoms. The number of Topliss-reactive ketones (excluding diaryl/α,β-unsaturated/α-hetero) is 1. The highest BCUT2D eigenvalue weighted by Crippen LogP contribution is 2.24. The Hall–Kier alpha value is -1.64. The summed E-state index contributed by atoms with van der Waals surface area (Å²) in [4.78, 5) is 12.2. The van der Waals surface area contributed by atoms with Crippen LogP contribution in [0.25, 0.3) is 0 Å². The molecule has 0 saturated carbocycles. The Kier molecular flexibility index (Phi) is 3.27. The fourth-order valence-electron chi connectivity index (χ4n) is 2.19. The normalized spacial score (nSPS) is 18.3. The number of benzene rings is 1. The van der Waals surface area contributed by atoms with E-state index in [9.17, 15) is 4.79 Å². The summed E-state index contributed by atoms with van der Waals surface area (Å²) in [5, 5.41) is 12.0. The lowest BCUT2D eigenvalue weighted by Gasteiger charge is -2.10. The number of nitrogens with zero attached hydrogens (tertiary/aromatic N) is 1. The minimum atomic E-state index is -0.123. The van der Waals surface area contributed by atoms with Crippen molar-refractivity contribution in [2.45, 2.75) is 39.0 Å². The van der Waals surface area contributed by atoms with E-state index in [0.29, 0.717) is 17.9 Å². The second kappa shape index (κ2) is 4.70. The van der Waals surface area contributed by atoms with E-state index in [2.05, 4.69) is 25.1 Å². The van der Waals surface area contributed by atoms with Gasteiger partial charge in [0.1, 0.15) is 5.71 Å². The maximum absolute atomic E-state index is 12.2. The van der Waals surface area contributed by atoms with Crippen LogP contribution in [-0.4, -0.2) is 16.7 Å². The van der Waals surface area contributed by atoms with Gasteiger partial charge < -0.3 is 5.21 Å². The second-order valence-electron chi connectivity index (χ2n) is 4.80. The van der Waals surface area contributed by atoms with Crippen LogP contribution in [0, 0.1) is 0 Å². The highest BCUT2D eigenvalue weighted by molar-refractivity contribution is 6.46. The first-order valence-corrected chi connectivity index (χ1v) is 6.02. The van der Waals surface area contributed by atoms with Gasteiger partial charge in [-0.25, -0.2) is 0 Å². The van der Waals surface area contributed by atoms with Crippen LogP contribution in [0.15, 0.2) is 23.4 Å². The summed E-state index contributed by atoms with van der Waals surface area (Å²) >= 11 is 0. The van der Waals surface area contributed by atoms with Crippen molar-refractivity contribution in [3.05, 3.63) is 34.9 Å². The molecule has 1 aliphatic carbocycles. The molecule has 0 saturated heterocycles. The molecule has 0 heterocycles. The van der Waals surface area contributed by atoms with Crippen LogP contribution in [0.1, 0.15) is 54.1 Å². The summed E-state index contributed by atoms with van der Waals surface area (Å²) in [6.07, 6.45) is 2.29. The molecule has 17 heavy (non-hydrogen) atoms. The molecule has 0 unspecified atom stereocenters. The van der Waals surface area contributed by atoms with Gasteiger partial charge in [-0.2, -0.15) is 0 Å². The molecule has 1 aromatic rings. The number of fused-ring (bicyclic) bond motifs is 1. The van der Waals surface area contributed by atoms with Gasteiger partial charge in [-0.1, -0.05) is 31.1 Å². The first-order chi connectivity index (χ1) is 8.13. The van der Waals surface area contributed by atoms with Crippen LogP contribution >= 0.6 is 0 Å². The Morgan fingerprint density at radius 3 is 2.71 bits per heavy atom. The molecule has 1 N–H and O–H groups in total. The monoisotopic (exact) mass is 231 g/mol. The van der Waals surface area contributed by atoms with E-state index in [1.54, 1.807) is 0 Å². The van der Waals surface area contributed by atoms with Crippen molar-refractivity contribution in [2.75, 3.05) is 0 Å². The van der Waals surface area contributed by atoms with Gasteiger partial charge in [0.15, 0.2) is 0 Å². The van der Waals surface area contributed by atoms with Gasteiger partial charge in [0, 0.05) is 5.56 Å². The number of ketones is 1. The van der Waals surface area contributed by atoms with Crippen molar-refractivity contribution in [1.82, 2.24) is 0 Å². The summed E-state index contributed by atoms with van der Waals surface area (Å²) in [5.74, 6) is 0.272. The van der Waals surface area contributed by atoms with Crippen molar-refractivity contribution in [3.63, 3.8) is 0 Å². The summed E-state index contributed by atoms with van der Waals surface area (Å²) in [5.41, 5.74) is 3.21. The van der Waals surface area contributed by atoms with E-state index in [4.69, 9.17) is 5.21 Å². The Balaban J connectivity index is 2.51. The highest BCUT2D eigenvalue weighted by atomic mass is 16.4. The van der Waals surface area contributed by atoms with E-state index in [1.165, 1.54) is 0 Å². The van der Waals surface area contributed by atoms with Gasteiger partial charge in [0.05, 0.1) is 0 Å². The number of hydrogen-bond donors (Lipinski definition) is 1. The number of aryl methyl sites for hydroxylation is 1. The first kappa shape index (κ1) is 11.8. The summed E-state index contributed by atoms with van der Waals surface area (Å²) in [6, 6.07) is 6.06. The molecule has 0 atom stereocenters. The third-order valence-electron chi connectivity index (χ3n) is 3.29. The SMILES string of the molecule is CC(C)c1ccc2c(c1)C(=O)/C(=N\O)CCC2. The van der Waals surface area contributed by atoms with E-state index in [1.807, 2.05) is 12.1 Å². The van der Waals surface area contributed by atoms with Crippen LogP contribution < -0.4 is 0 Å². The Morgan fingerprint density at radius 2 is 2.06 bits per heavy atom. The Bertz CT molecular complexity index is 475. The number of carbonyl (C=O) groups excluding carboxylic acids is 1. The van der Waals surface area contributed by atoms with Crippen molar-refractivity contribution < 1.29 is 10.0 Å². The second-order valence-corrected chi connectivity index (χ2v) is 4.80. The van der Waals surface area contributed by atoms with Crippen molar-refractivity contribution in [3.8, 4) is 0 Å². The van der Waals surface area contributed by atoms with E-state index >= 15 is 0 Å². The van der Waals surface area contributed by atoms with E-state index in [-0.39, 0.29) is 11.5 Å². The predicted octanol–water partition coefficient (Wildman–Crippen LogP) is 3.16. The Labute approximate surface area is 101 Å². The molecule has 90 valence electrons. The minimum Gasteiger partial charge on any atom is -0.411 e. The lowest BCUT2D eigenvalue weighted by atomic mass is 9.94. The molecule has 0 bridgehead atoms. The number of rotatable bonds is 1. The Morgan fingerprint density at radius 1 is 1.29 bits per heavy atom. The number of carbonyl (C=O) groups is 1. The average Bonchev–Trinajstić information content (AvgIpc) is 2.48. The molecule has 1 aromatic carbocycles. The molecule has 0 spiro atoms. The standard InChI is InChI=1S/C14H17NO2/c1-9(2)11-7-6-10-4-3-5-13(15-17)14(16)12(10)8-11/h6-9,17H,3-5H2,1-2H3/b15-13-. The largest absolute Gasteiger partial charge is 0.411 e. The summed E-state index contributed by atoms with van der Waals surface area (Å²) < 4.78 is 0. The quantitative estimate of drug-likeness (QED) is 0.458. The fourth-order valence-corrected chi connectivity index (χ4v) is 2.19. The van der Waals surface area contributed by atoms with Crippen LogP contribution in [0.5, 0.6) is 0 Å². The minimum absolute atomic E-state index is 0.123. The molecular weight excluding hydrogens is 214 g/mol. The van der Waals surface area contributed by atoms with Crippen molar-refractivity contribution in [1.29, 1.82) is 0 Å². The fraction of sp³-hybridized carbons (Fsp3) is 0.429. The maximum Gasteiger partial charge on any atom is 0.210 e.